The molecule has 0 spiro atoms. The van der Waals surface area contributed by atoms with Gasteiger partial charge < -0.3 is 5.32 Å². The van der Waals surface area contributed by atoms with Crippen molar-refractivity contribution in [1.82, 2.24) is 20.2 Å². The Kier molecular flexibility index (Phi) is 3.75. The van der Waals surface area contributed by atoms with E-state index < -0.39 is 0 Å². The molecule has 102 valence electrons. The van der Waals surface area contributed by atoms with Crippen LogP contribution in [-0.2, 0) is 6.54 Å². The number of aromatic amines is 1. The zero-order valence-electron chi connectivity index (χ0n) is 10.7. The summed E-state index contributed by atoms with van der Waals surface area (Å²) < 4.78 is 0. The smallest absolute Gasteiger partial charge is 0.161 e. The molecule has 3 rings (SSSR count). The van der Waals surface area contributed by atoms with Crippen LogP contribution in [0.15, 0.2) is 35.6 Å². The molecule has 0 aliphatic heterocycles. The lowest BCUT2D eigenvalue weighted by molar-refractivity contribution is 1.02. The Labute approximate surface area is 125 Å². The highest BCUT2D eigenvalue weighted by Gasteiger charge is 2.11. The summed E-state index contributed by atoms with van der Waals surface area (Å²) in [7, 11) is 0. The lowest BCUT2D eigenvalue weighted by Gasteiger charge is -2.07. The molecule has 0 saturated carbocycles. The highest BCUT2D eigenvalue weighted by Crippen LogP contribution is 2.27. The van der Waals surface area contributed by atoms with Gasteiger partial charge in [-0.25, -0.2) is 9.97 Å². The summed E-state index contributed by atoms with van der Waals surface area (Å²) in [6.45, 7) is 0.669. The maximum atomic E-state index is 5.88. The molecular formula is C13H12ClN5S. The van der Waals surface area contributed by atoms with Gasteiger partial charge in [-0.15, -0.1) is 11.8 Å². The first-order chi connectivity index (χ1) is 9.78. The number of hydrogen-bond acceptors (Lipinski definition) is 5. The van der Waals surface area contributed by atoms with E-state index in [0.29, 0.717) is 6.54 Å². The van der Waals surface area contributed by atoms with Crippen LogP contribution in [0.4, 0.5) is 5.82 Å². The topological polar surface area (TPSA) is 66.5 Å². The van der Waals surface area contributed by atoms with E-state index in [1.807, 2.05) is 30.5 Å². The lowest BCUT2D eigenvalue weighted by atomic mass is 10.2. The molecule has 0 aliphatic carbocycles. The molecule has 0 fully saturated rings. The average molecular weight is 306 g/mol. The van der Waals surface area contributed by atoms with Crippen LogP contribution < -0.4 is 5.32 Å². The molecule has 5 nitrogen and oxygen atoms in total. The van der Waals surface area contributed by atoms with Crippen LogP contribution in [0.3, 0.4) is 0 Å². The van der Waals surface area contributed by atoms with Crippen molar-refractivity contribution in [3.8, 4) is 0 Å². The quantitative estimate of drug-likeness (QED) is 0.724. The summed E-state index contributed by atoms with van der Waals surface area (Å²) in [6, 6.07) is 7.72. The third-order valence-corrected chi connectivity index (χ3v) is 3.83. The van der Waals surface area contributed by atoms with Crippen LogP contribution >= 0.6 is 23.4 Å². The Hall–Kier alpha value is -1.79. The lowest BCUT2D eigenvalue weighted by Crippen LogP contribution is -2.02. The number of rotatable bonds is 4. The second-order valence-electron chi connectivity index (χ2n) is 4.16. The summed E-state index contributed by atoms with van der Waals surface area (Å²) in [5, 5.41) is 13.0. The SMILES string of the molecule is CSc1n[nH]c2ncnc(NCc3ccc(Cl)cc3)c12. The third-order valence-electron chi connectivity index (χ3n) is 2.89. The first kappa shape index (κ1) is 13.2. The van der Waals surface area contributed by atoms with Crippen molar-refractivity contribution >= 4 is 40.2 Å². The van der Waals surface area contributed by atoms with Crippen molar-refractivity contribution in [3.05, 3.63) is 41.2 Å². The number of aromatic nitrogens is 4. The molecule has 0 atom stereocenters. The molecule has 2 aromatic heterocycles. The first-order valence-electron chi connectivity index (χ1n) is 5.99. The van der Waals surface area contributed by atoms with E-state index in [4.69, 9.17) is 11.6 Å². The van der Waals surface area contributed by atoms with E-state index in [-0.39, 0.29) is 0 Å². The molecule has 2 N–H and O–H groups in total. The number of H-pyrrole nitrogens is 1. The van der Waals surface area contributed by atoms with Gasteiger partial charge in [-0.3, -0.25) is 5.10 Å². The van der Waals surface area contributed by atoms with Crippen LogP contribution in [0.2, 0.25) is 5.02 Å². The molecular weight excluding hydrogens is 294 g/mol. The molecule has 0 radical (unpaired) electrons. The fraction of sp³-hybridized carbons (Fsp3) is 0.154. The van der Waals surface area contributed by atoms with Gasteiger partial charge >= 0.3 is 0 Å². The summed E-state index contributed by atoms with van der Waals surface area (Å²) in [4.78, 5) is 8.48. The predicted octanol–water partition coefficient (Wildman–Crippen LogP) is 3.34. The van der Waals surface area contributed by atoms with E-state index in [0.717, 1.165) is 32.5 Å². The van der Waals surface area contributed by atoms with Crippen molar-refractivity contribution in [1.29, 1.82) is 0 Å². The van der Waals surface area contributed by atoms with Crippen LogP contribution in [-0.4, -0.2) is 26.4 Å². The number of benzene rings is 1. The second-order valence-corrected chi connectivity index (χ2v) is 5.39. The van der Waals surface area contributed by atoms with Crippen molar-refractivity contribution in [3.63, 3.8) is 0 Å². The number of nitrogens with one attached hydrogen (secondary N) is 2. The molecule has 20 heavy (non-hydrogen) atoms. The van der Waals surface area contributed by atoms with Crippen LogP contribution in [0, 0.1) is 0 Å². The minimum atomic E-state index is 0.669. The standard InChI is InChI=1S/C13H12ClN5S/c1-20-13-10-11(16-7-17-12(10)18-19-13)15-6-8-2-4-9(14)5-3-8/h2-5,7H,6H2,1H3,(H2,15,16,17,18,19). The summed E-state index contributed by atoms with van der Waals surface area (Å²) in [6.07, 6.45) is 3.50. The number of nitrogens with zero attached hydrogens (tertiary/aromatic N) is 3. The fourth-order valence-electron chi connectivity index (χ4n) is 1.90. The first-order valence-corrected chi connectivity index (χ1v) is 7.59. The van der Waals surface area contributed by atoms with E-state index in [2.05, 4.69) is 25.5 Å². The fourth-order valence-corrected chi connectivity index (χ4v) is 2.56. The molecule has 7 heteroatoms. The van der Waals surface area contributed by atoms with E-state index in [1.165, 1.54) is 6.33 Å². The second kappa shape index (κ2) is 5.68. The minimum absolute atomic E-state index is 0.669. The number of fused-ring (bicyclic) bond motifs is 1. The Bertz CT molecular complexity index is 725. The zero-order valence-corrected chi connectivity index (χ0v) is 12.3. The van der Waals surface area contributed by atoms with E-state index in [1.54, 1.807) is 11.8 Å². The molecule has 1 aromatic carbocycles. The highest BCUT2D eigenvalue weighted by atomic mass is 35.5. The molecule has 0 unspecified atom stereocenters. The van der Waals surface area contributed by atoms with Gasteiger partial charge in [0.2, 0.25) is 0 Å². The Morgan fingerprint density at radius 2 is 2.05 bits per heavy atom. The monoisotopic (exact) mass is 305 g/mol. The number of anilines is 1. The highest BCUT2D eigenvalue weighted by molar-refractivity contribution is 7.98. The predicted molar refractivity (Wildman–Crippen MR) is 82.2 cm³/mol. The number of thioether (sulfide) groups is 1. The van der Waals surface area contributed by atoms with Crippen molar-refractivity contribution in [2.75, 3.05) is 11.6 Å². The maximum absolute atomic E-state index is 5.88. The summed E-state index contributed by atoms with van der Waals surface area (Å²) in [5.74, 6) is 0.781. The van der Waals surface area contributed by atoms with E-state index in [9.17, 15) is 0 Å². The van der Waals surface area contributed by atoms with Crippen molar-refractivity contribution < 1.29 is 0 Å². The maximum Gasteiger partial charge on any atom is 0.161 e. The molecule has 0 bridgehead atoms. The molecule has 0 amide bonds. The minimum Gasteiger partial charge on any atom is -0.365 e. The molecule has 2 heterocycles. The largest absolute Gasteiger partial charge is 0.365 e. The van der Waals surface area contributed by atoms with E-state index >= 15 is 0 Å². The van der Waals surface area contributed by atoms with Gasteiger partial charge in [-0.2, -0.15) is 5.10 Å². The average Bonchev–Trinajstić information content (AvgIpc) is 2.90. The third kappa shape index (κ3) is 2.57. The van der Waals surface area contributed by atoms with Crippen LogP contribution in [0.1, 0.15) is 5.56 Å². The Morgan fingerprint density at radius 1 is 1.25 bits per heavy atom. The zero-order chi connectivity index (χ0) is 13.9. The van der Waals surface area contributed by atoms with Gasteiger partial charge in [0.25, 0.3) is 0 Å². The van der Waals surface area contributed by atoms with Crippen molar-refractivity contribution in [2.45, 2.75) is 11.6 Å². The van der Waals surface area contributed by atoms with Gasteiger partial charge in [-0.05, 0) is 24.0 Å². The van der Waals surface area contributed by atoms with Gasteiger partial charge in [0.15, 0.2) is 5.65 Å². The van der Waals surface area contributed by atoms with Gasteiger partial charge in [0.1, 0.15) is 17.2 Å². The Balaban J connectivity index is 1.87. The number of hydrogen-bond donors (Lipinski definition) is 2. The van der Waals surface area contributed by atoms with Crippen molar-refractivity contribution in [2.24, 2.45) is 0 Å². The van der Waals surface area contributed by atoms with Crippen LogP contribution in [0.25, 0.3) is 11.0 Å². The number of halogens is 1. The molecule has 3 aromatic rings. The normalized spacial score (nSPS) is 10.9. The van der Waals surface area contributed by atoms with Gasteiger partial charge in [0, 0.05) is 11.6 Å². The van der Waals surface area contributed by atoms with Gasteiger partial charge in [0.05, 0.1) is 5.39 Å². The molecule has 0 saturated heterocycles. The Morgan fingerprint density at radius 3 is 2.80 bits per heavy atom. The molecule has 0 aliphatic rings. The van der Waals surface area contributed by atoms with Gasteiger partial charge in [-0.1, -0.05) is 23.7 Å². The summed E-state index contributed by atoms with van der Waals surface area (Å²) >= 11 is 7.44. The van der Waals surface area contributed by atoms with Crippen LogP contribution in [0.5, 0.6) is 0 Å². The summed E-state index contributed by atoms with van der Waals surface area (Å²) in [5.41, 5.74) is 1.87.